The zero-order chi connectivity index (χ0) is 17.6. The van der Waals surface area contributed by atoms with Crippen LogP contribution in [0.3, 0.4) is 0 Å². The summed E-state index contributed by atoms with van der Waals surface area (Å²) in [6.07, 6.45) is -0.410. The number of benzene rings is 1. The van der Waals surface area contributed by atoms with Crippen molar-refractivity contribution in [3.63, 3.8) is 0 Å². The van der Waals surface area contributed by atoms with Crippen LogP contribution in [0.1, 0.15) is 17.9 Å². The molecule has 1 unspecified atom stereocenters. The number of esters is 2. The van der Waals surface area contributed by atoms with Crippen molar-refractivity contribution in [3.05, 3.63) is 39.9 Å². The molecule has 1 rings (SSSR count). The summed E-state index contributed by atoms with van der Waals surface area (Å²) in [6.45, 7) is 0. The fraction of sp³-hybridized carbons (Fsp3) is 0.357. The van der Waals surface area contributed by atoms with Crippen LogP contribution >= 0.6 is 0 Å². The molecule has 0 radical (unpaired) electrons. The van der Waals surface area contributed by atoms with Gasteiger partial charge in [0.1, 0.15) is 6.29 Å². The van der Waals surface area contributed by atoms with Crippen LogP contribution in [0.2, 0.25) is 0 Å². The third kappa shape index (κ3) is 3.33. The molecule has 1 aromatic carbocycles. The number of ether oxygens (including phenoxy) is 2. The van der Waals surface area contributed by atoms with E-state index < -0.39 is 40.6 Å². The number of nitro groups is 1. The Morgan fingerprint density at radius 1 is 1.30 bits per heavy atom. The number of aldehydes is 1. The van der Waals surface area contributed by atoms with Crippen molar-refractivity contribution in [2.24, 2.45) is 0 Å². The molecule has 1 atom stereocenters. The maximum Gasteiger partial charge on any atom is 0.356 e. The van der Waals surface area contributed by atoms with Crippen molar-refractivity contribution in [1.29, 1.82) is 0 Å². The van der Waals surface area contributed by atoms with Crippen molar-refractivity contribution in [1.82, 2.24) is 0 Å². The van der Waals surface area contributed by atoms with Crippen molar-refractivity contribution >= 4 is 23.9 Å². The summed E-state index contributed by atoms with van der Waals surface area (Å²) in [5.74, 6) is -4.97. The Balaban J connectivity index is 3.61. The fourth-order valence-corrected chi connectivity index (χ4v) is 2.21. The van der Waals surface area contributed by atoms with Gasteiger partial charge < -0.3 is 14.3 Å². The second-order valence-electron chi connectivity index (χ2n) is 4.47. The SMILES string of the molecule is COC(=O)C(F)(C(=O)OC)C(CC=O)c1ccccc1[N+](=O)[O-]. The van der Waals surface area contributed by atoms with Gasteiger partial charge in [0, 0.05) is 18.1 Å². The van der Waals surface area contributed by atoms with Crippen LogP contribution < -0.4 is 0 Å². The normalized spacial score (nSPS) is 12.1. The Labute approximate surface area is 130 Å². The molecule has 0 fully saturated rings. The third-order valence-electron chi connectivity index (χ3n) is 3.29. The molecule has 124 valence electrons. The lowest BCUT2D eigenvalue weighted by molar-refractivity contribution is -0.385. The van der Waals surface area contributed by atoms with Crippen LogP contribution in [0.4, 0.5) is 10.1 Å². The number of nitrogens with zero attached hydrogens (tertiary/aromatic N) is 1. The molecule has 0 heterocycles. The van der Waals surface area contributed by atoms with E-state index in [2.05, 4.69) is 9.47 Å². The van der Waals surface area contributed by atoms with Gasteiger partial charge in [0.25, 0.3) is 5.69 Å². The van der Waals surface area contributed by atoms with Crippen molar-refractivity contribution in [2.75, 3.05) is 14.2 Å². The largest absolute Gasteiger partial charge is 0.466 e. The Morgan fingerprint density at radius 3 is 2.26 bits per heavy atom. The maximum absolute atomic E-state index is 15.2. The number of para-hydroxylation sites is 1. The van der Waals surface area contributed by atoms with Crippen LogP contribution in [0.5, 0.6) is 0 Å². The lowest BCUT2D eigenvalue weighted by Gasteiger charge is -2.27. The number of nitro benzene ring substituents is 1. The van der Waals surface area contributed by atoms with Crippen LogP contribution in [-0.4, -0.2) is 43.0 Å². The summed E-state index contributed by atoms with van der Waals surface area (Å²) < 4.78 is 23.8. The molecular weight excluding hydrogens is 313 g/mol. The summed E-state index contributed by atoms with van der Waals surface area (Å²) in [5.41, 5.74) is -4.21. The zero-order valence-corrected chi connectivity index (χ0v) is 12.4. The molecule has 9 heteroatoms. The Kier molecular flexibility index (Phi) is 5.88. The maximum atomic E-state index is 15.2. The smallest absolute Gasteiger partial charge is 0.356 e. The minimum atomic E-state index is -3.39. The van der Waals surface area contributed by atoms with Crippen LogP contribution in [0, 0.1) is 10.1 Å². The Bertz CT molecular complexity index is 615. The van der Waals surface area contributed by atoms with E-state index in [0.29, 0.717) is 0 Å². The lowest BCUT2D eigenvalue weighted by atomic mass is 9.80. The molecular formula is C14H14FNO7. The highest BCUT2D eigenvalue weighted by Gasteiger charge is 2.57. The molecule has 0 spiro atoms. The summed E-state index contributed by atoms with van der Waals surface area (Å²) in [5, 5.41) is 11.1. The summed E-state index contributed by atoms with van der Waals surface area (Å²) in [4.78, 5) is 44.8. The molecule has 0 saturated carbocycles. The number of alkyl halides is 1. The van der Waals surface area contributed by atoms with Gasteiger partial charge in [0.05, 0.1) is 25.1 Å². The fourth-order valence-electron chi connectivity index (χ4n) is 2.21. The van der Waals surface area contributed by atoms with E-state index in [1.165, 1.54) is 12.1 Å². The molecule has 0 aliphatic heterocycles. The third-order valence-corrected chi connectivity index (χ3v) is 3.29. The van der Waals surface area contributed by atoms with E-state index in [4.69, 9.17) is 0 Å². The number of hydrogen-bond acceptors (Lipinski definition) is 7. The van der Waals surface area contributed by atoms with Gasteiger partial charge in [0.2, 0.25) is 0 Å². The first-order valence-electron chi connectivity index (χ1n) is 6.37. The Morgan fingerprint density at radius 2 is 1.83 bits per heavy atom. The van der Waals surface area contributed by atoms with Gasteiger partial charge in [-0.25, -0.2) is 14.0 Å². The lowest BCUT2D eigenvalue weighted by Crippen LogP contribution is -2.49. The summed E-state index contributed by atoms with van der Waals surface area (Å²) >= 11 is 0. The molecule has 0 N–H and O–H groups in total. The monoisotopic (exact) mass is 327 g/mol. The molecule has 1 aromatic rings. The summed E-state index contributed by atoms with van der Waals surface area (Å²) in [7, 11) is 1.69. The molecule has 8 nitrogen and oxygen atoms in total. The van der Waals surface area contributed by atoms with E-state index >= 15 is 4.39 Å². The van der Waals surface area contributed by atoms with Crippen molar-refractivity contribution in [2.45, 2.75) is 18.0 Å². The molecule has 0 aliphatic carbocycles. The highest BCUT2D eigenvalue weighted by Crippen LogP contribution is 2.40. The van der Waals surface area contributed by atoms with Gasteiger partial charge in [-0.05, 0) is 0 Å². The van der Waals surface area contributed by atoms with Crippen LogP contribution in [0.25, 0.3) is 0 Å². The first kappa shape index (κ1) is 18.2. The molecule has 0 saturated heterocycles. The van der Waals surface area contributed by atoms with Gasteiger partial charge in [-0.3, -0.25) is 10.1 Å². The predicted molar refractivity (Wildman–Crippen MR) is 74.4 cm³/mol. The van der Waals surface area contributed by atoms with E-state index in [1.807, 2.05) is 0 Å². The average Bonchev–Trinajstić information content (AvgIpc) is 2.57. The molecule has 0 aromatic heterocycles. The van der Waals surface area contributed by atoms with Crippen LogP contribution in [-0.2, 0) is 23.9 Å². The molecule has 0 aliphatic rings. The van der Waals surface area contributed by atoms with Gasteiger partial charge in [-0.1, -0.05) is 18.2 Å². The topological polar surface area (TPSA) is 113 Å². The number of hydrogen-bond donors (Lipinski definition) is 0. The number of carbonyl (C=O) groups is 3. The van der Waals surface area contributed by atoms with Gasteiger partial charge >= 0.3 is 17.6 Å². The molecule has 0 bridgehead atoms. The second kappa shape index (κ2) is 7.43. The zero-order valence-electron chi connectivity index (χ0n) is 12.4. The van der Waals surface area contributed by atoms with Gasteiger partial charge in [-0.2, -0.15) is 0 Å². The minimum absolute atomic E-state index is 0.252. The van der Waals surface area contributed by atoms with Gasteiger partial charge in [0.15, 0.2) is 0 Å². The molecule has 0 amide bonds. The first-order valence-corrected chi connectivity index (χ1v) is 6.37. The second-order valence-corrected chi connectivity index (χ2v) is 4.47. The average molecular weight is 327 g/mol. The van der Waals surface area contributed by atoms with Crippen molar-refractivity contribution in [3.8, 4) is 0 Å². The highest BCUT2D eigenvalue weighted by atomic mass is 19.1. The number of halogens is 1. The first-order chi connectivity index (χ1) is 10.8. The number of methoxy groups -OCH3 is 2. The van der Waals surface area contributed by atoms with Crippen molar-refractivity contribution < 1.29 is 33.2 Å². The van der Waals surface area contributed by atoms with E-state index in [0.717, 1.165) is 26.4 Å². The Hall–Kier alpha value is -2.84. The van der Waals surface area contributed by atoms with E-state index in [1.54, 1.807) is 0 Å². The van der Waals surface area contributed by atoms with Crippen LogP contribution in [0.15, 0.2) is 24.3 Å². The summed E-state index contributed by atoms with van der Waals surface area (Å²) in [6, 6.07) is 4.92. The quantitative estimate of drug-likeness (QED) is 0.244. The van der Waals surface area contributed by atoms with Gasteiger partial charge in [-0.15, -0.1) is 0 Å². The minimum Gasteiger partial charge on any atom is -0.466 e. The standard InChI is InChI=1S/C14H14FNO7/c1-22-12(18)14(15,13(19)23-2)10(7-8-17)9-5-3-4-6-11(9)16(20)21/h3-6,8,10H,7H2,1-2H3. The number of rotatable bonds is 7. The van der Waals surface area contributed by atoms with E-state index in [-0.39, 0.29) is 11.8 Å². The van der Waals surface area contributed by atoms with E-state index in [9.17, 15) is 24.5 Å². The number of carbonyl (C=O) groups excluding carboxylic acids is 3. The predicted octanol–water partition coefficient (Wildman–Crippen LogP) is 1.32. The highest BCUT2D eigenvalue weighted by molar-refractivity contribution is 6.05. The molecule has 23 heavy (non-hydrogen) atoms.